The van der Waals surface area contributed by atoms with Gasteiger partial charge < -0.3 is 14.2 Å². The number of piperazine rings is 1. The summed E-state index contributed by atoms with van der Waals surface area (Å²) in [6, 6.07) is 15.1. The number of para-hydroxylation sites is 1. The highest BCUT2D eigenvalue weighted by Crippen LogP contribution is 2.24. The van der Waals surface area contributed by atoms with Crippen LogP contribution in [0, 0.1) is 6.92 Å². The number of carbonyl (C=O) groups is 2. The van der Waals surface area contributed by atoms with Crippen molar-refractivity contribution >= 4 is 11.8 Å². The van der Waals surface area contributed by atoms with Crippen LogP contribution < -0.4 is 0 Å². The average molecular weight is 378 g/mol. The van der Waals surface area contributed by atoms with Crippen molar-refractivity contribution in [1.29, 1.82) is 0 Å². The smallest absolute Gasteiger partial charge is 0.272 e. The summed E-state index contributed by atoms with van der Waals surface area (Å²) in [5, 5.41) is 4.63. The summed E-state index contributed by atoms with van der Waals surface area (Å²) in [5.74, 6) is 1.35. The van der Waals surface area contributed by atoms with Crippen molar-refractivity contribution in [1.82, 2.24) is 19.6 Å². The molecule has 7 heteroatoms. The Morgan fingerprint density at radius 1 is 0.964 bits per heavy atom. The third-order valence-corrected chi connectivity index (χ3v) is 4.93. The second-order valence-electron chi connectivity index (χ2n) is 6.87. The summed E-state index contributed by atoms with van der Waals surface area (Å²) in [6.07, 6.45) is 0. The maximum Gasteiger partial charge on any atom is 0.272 e. The van der Waals surface area contributed by atoms with E-state index in [0.29, 0.717) is 43.3 Å². The van der Waals surface area contributed by atoms with Gasteiger partial charge in [-0.3, -0.25) is 9.59 Å². The highest BCUT2D eigenvalue weighted by Gasteiger charge is 2.27. The van der Waals surface area contributed by atoms with E-state index in [9.17, 15) is 9.59 Å². The van der Waals surface area contributed by atoms with Crippen molar-refractivity contribution in [2.24, 2.45) is 0 Å². The van der Waals surface area contributed by atoms with Gasteiger partial charge in [-0.15, -0.1) is 0 Å². The van der Waals surface area contributed by atoms with Crippen LogP contribution in [0.25, 0.3) is 17.1 Å². The number of nitrogens with zero attached hydrogens (tertiary/aromatic N) is 4. The zero-order valence-corrected chi connectivity index (χ0v) is 16.0. The Hall–Kier alpha value is -3.35. The van der Waals surface area contributed by atoms with E-state index in [1.807, 2.05) is 49.4 Å². The Morgan fingerprint density at radius 3 is 2.25 bits per heavy atom. The molecule has 1 fully saturated rings. The second kappa shape index (κ2) is 7.34. The number of carbonyl (C=O) groups excluding carboxylic acids is 2. The van der Waals surface area contributed by atoms with Crippen molar-refractivity contribution in [3.8, 4) is 17.1 Å². The molecule has 2 amide bonds. The largest absolute Gasteiger partial charge is 0.460 e. The van der Waals surface area contributed by atoms with Gasteiger partial charge in [0, 0.05) is 39.2 Å². The standard InChI is InChI=1S/C21H22N4O3/c1-15-8-9-20(28-15)18-14-19(25(22-18)17-6-4-3-5-7-17)21(27)24-12-10-23(11-13-24)16(2)26/h3-9,14H,10-13H2,1-2H3. The van der Waals surface area contributed by atoms with E-state index in [1.54, 1.807) is 27.5 Å². The molecule has 0 saturated carbocycles. The Morgan fingerprint density at radius 2 is 1.64 bits per heavy atom. The van der Waals surface area contributed by atoms with Crippen molar-refractivity contribution in [2.75, 3.05) is 26.2 Å². The van der Waals surface area contributed by atoms with E-state index < -0.39 is 0 Å². The molecule has 4 rings (SSSR count). The number of aromatic nitrogens is 2. The number of benzene rings is 1. The molecule has 1 aliphatic heterocycles. The molecule has 3 heterocycles. The van der Waals surface area contributed by atoms with Gasteiger partial charge in [0.25, 0.3) is 5.91 Å². The van der Waals surface area contributed by atoms with E-state index in [-0.39, 0.29) is 11.8 Å². The predicted octanol–water partition coefficient (Wildman–Crippen LogP) is 2.75. The van der Waals surface area contributed by atoms with Crippen LogP contribution in [-0.4, -0.2) is 57.6 Å². The van der Waals surface area contributed by atoms with E-state index >= 15 is 0 Å². The average Bonchev–Trinajstić information content (AvgIpc) is 3.34. The third-order valence-electron chi connectivity index (χ3n) is 4.93. The minimum Gasteiger partial charge on any atom is -0.460 e. The van der Waals surface area contributed by atoms with Crippen molar-refractivity contribution in [3.05, 3.63) is 60.0 Å². The number of furan rings is 1. The molecule has 0 atom stereocenters. The first kappa shape index (κ1) is 18.0. The molecule has 0 spiro atoms. The molecule has 0 N–H and O–H groups in total. The summed E-state index contributed by atoms with van der Waals surface area (Å²) >= 11 is 0. The molecule has 2 aromatic heterocycles. The van der Waals surface area contributed by atoms with Crippen LogP contribution >= 0.6 is 0 Å². The monoisotopic (exact) mass is 378 g/mol. The number of rotatable bonds is 3. The van der Waals surface area contributed by atoms with E-state index in [1.165, 1.54) is 0 Å². The van der Waals surface area contributed by atoms with E-state index in [4.69, 9.17) is 4.42 Å². The van der Waals surface area contributed by atoms with Crippen LogP contribution in [0.2, 0.25) is 0 Å². The lowest BCUT2D eigenvalue weighted by Gasteiger charge is -2.34. The first-order valence-corrected chi connectivity index (χ1v) is 9.30. The van der Waals surface area contributed by atoms with Crippen LogP contribution in [0.15, 0.2) is 52.9 Å². The third kappa shape index (κ3) is 3.43. The first-order valence-electron chi connectivity index (χ1n) is 9.30. The van der Waals surface area contributed by atoms with Crippen molar-refractivity contribution in [3.63, 3.8) is 0 Å². The fourth-order valence-corrected chi connectivity index (χ4v) is 3.38. The molecule has 144 valence electrons. The van der Waals surface area contributed by atoms with Gasteiger partial charge in [-0.2, -0.15) is 5.10 Å². The maximum absolute atomic E-state index is 13.3. The Kier molecular flexibility index (Phi) is 4.73. The fourth-order valence-electron chi connectivity index (χ4n) is 3.38. The van der Waals surface area contributed by atoms with Crippen LogP contribution in [0.3, 0.4) is 0 Å². The highest BCUT2D eigenvalue weighted by atomic mass is 16.3. The zero-order valence-electron chi connectivity index (χ0n) is 16.0. The van der Waals surface area contributed by atoms with Crippen LogP contribution in [0.1, 0.15) is 23.2 Å². The summed E-state index contributed by atoms with van der Waals surface area (Å²) in [4.78, 5) is 28.3. The Labute approximate surface area is 163 Å². The molecule has 0 radical (unpaired) electrons. The Bertz CT molecular complexity index is 998. The molecule has 0 aliphatic carbocycles. The van der Waals surface area contributed by atoms with Crippen LogP contribution in [0.4, 0.5) is 0 Å². The molecule has 1 saturated heterocycles. The quantitative estimate of drug-likeness (QED) is 0.703. The molecule has 1 aromatic carbocycles. The van der Waals surface area contributed by atoms with Gasteiger partial charge in [0.1, 0.15) is 17.1 Å². The van der Waals surface area contributed by atoms with Crippen LogP contribution in [0.5, 0.6) is 0 Å². The Balaban J connectivity index is 1.68. The van der Waals surface area contributed by atoms with E-state index in [0.717, 1.165) is 11.4 Å². The lowest BCUT2D eigenvalue weighted by Crippen LogP contribution is -2.50. The predicted molar refractivity (Wildman–Crippen MR) is 104 cm³/mol. The molecular weight excluding hydrogens is 356 g/mol. The van der Waals surface area contributed by atoms with Gasteiger partial charge in [0.05, 0.1) is 5.69 Å². The SMILES string of the molecule is CC(=O)N1CCN(C(=O)c2cc(-c3ccc(C)o3)nn2-c2ccccc2)CC1. The van der Waals surface area contributed by atoms with E-state index in [2.05, 4.69) is 5.10 Å². The van der Waals surface area contributed by atoms with Crippen molar-refractivity contribution < 1.29 is 14.0 Å². The van der Waals surface area contributed by atoms with Gasteiger partial charge in [-0.25, -0.2) is 4.68 Å². The number of hydrogen-bond donors (Lipinski definition) is 0. The first-order chi connectivity index (χ1) is 13.5. The molecular formula is C21H22N4O3. The number of amides is 2. The number of aryl methyl sites for hydroxylation is 1. The molecule has 0 bridgehead atoms. The highest BCUT2D eigenvalue weighted by molar-refractivity contribution is 5.94. The normalized spacial score (nSPS) is 14.4. The molecule has 28 heavy (non-hydrogen) atoms. The molecule has 0 unspecified atom stereocenters. The molecule has 1 aliphatic rings. The maximum atomic E-state index is 13.3. The van der Waals surface area contributed by atoms with Gasteiger partial charge in [0.2, 0.25) is 5.91 Å². The second-order valence-corrected chi connectivity index (χ2v) is 6.87. The minimum absolute atomic E-state index is 0.0388. The summed E-state index contributed by atoms with van der Waals surface area (Å²) in [5.41, 5.74) is 1.90. The van der Waals surface area contributed by atoms with Crippen molar-refractivity contribution in [2.45, 2.75) is 13.8 Å². The van der Waals surface area contributed by atoms with Gasteiger partial charge >= 0.3 is 0 Å². The topological polar surface area (TPSA) is 71.6 Å². The minimum atomic E-state index is -0.103. The van der Waals surface area contributed by atoms with Gasteiger partial charge in [-0.1, -0.05) is 18.2 Å². The van der Waals surface area contributed by atoms with Crippen LogP contribution in [-0.2, 0) is 4.79 Å². The molecule has 7 nitrogen and oxygen atoms in total. The lowest BCUT2D eigenvalue weighted by atomic mass is 10.2. The number of hydrogen-bond acceptors (Lipinski definition) is 4. The van der Waals surface area contributed by atoms with Gasteiger partial charge in [-0.05, 0) is 31.2 Å². The fraction of sp³-hybridized carbons (Fsp3) is 0.286. The zero-order chi connectivity index (χ0) is 19.7. The summed E-state index contributed by atoms with van der Waals surface area (Å²) in [7, 11) is 0. The summed E-state index contributed by atoms with van der Waals surface area (Å²) < 4.78 is 7.35. The summed E-state index contributed by atoms with van der Waals surface area (Å²) in [6.45, 7) is 5.54. The lowest BCUT2D eigenvalue weighted by molar-refractivity contribution is -0.130. The van der Waals surface area contributed by atoms with Gasteiger partial charge in [0.15, 0.2) is 5.76 Å². The molecule has 3 aromatic rings.